The van der Waals surface area contributed by atoms with E-state index < -0.39 is 7.12 Å². The molecule has 2 nitrogen and oxygen atoms in total. The Morgan fingerprint density at radius 1 is 1.64 bits per heavy atom. The minimum atomic E-state index is -0.508. The molecular weight excluding hydrogens is 139 g/mol. The lowest BCUT2D eigenvalue weighted by Crippen LogP contribution is -2.23. The zero-order chi connectivity index (χ0) is 8.48. The van der Waals surface area contributed by atoms with Gasteiger partial charge >= 0.3 is 7.12 Å². The molecule has 0 aliphatic carbocycles. The smallest absolute Gasteiger partial charge is 0.427 e. The van der Waals surface area contributed by atoms with Gasteiger partial charge in [-0.05, 0) is 17.7 Å². The van der Waals surface area contributed by atoms with Gasteiger partial charge in [0, 0.05) is 6.61 Å². The van der Waals surface area contributed by atoms with Crippen molar-refractivity contribution in [3.8, 4) is 0 Å². The van der Waals surface area contributed by atoms with Crippen molar-refractivity contribution in [3.63, 3.8) is 0 Å². The second-order valence-electron chi connectivity index (χ2n) is 4.06. The molecule has 3 heteroatoms. The lowest BCUT2D eigenvalue weighted by molar-refractivity contribution is 0.170. The van der Waals surface area contributed by atoms with E-state index in [-0.39, 0.29) is 0 Å². The van der Waals surface area contributed by atoms with Gasteiger partial charge in [0.15, 0.2) is 0 Å². The minimum absolute atomic E-state index is 0.317. The summed E-state index contributed by atoms with van der Waals surface area (Å²) in [4.78, 5) is 0. The van der Waals surface area contributed by atoms with Gasteiger partial charge < -0.3 is 9.68 Å². The Bertz CT molecular complexity index is 136. The van der Waals surface area contributed by atoms with E-state index in [0.29, 0.717) is 11.3 Å². The van der Waals surface area contributed by atoms with Crippen LogP contribution in [0.25, 0.3) is 0 Å². The fourth-order valence-corrected chi connectivity index (χ4v) is 1.44. The lowest BCUT2D eigenvalue weighted by atomic mass is 9.69. The highest BCUT2D eigenvalue weighted by atomic mass is 16.5. The molecule has 0 aromatic carbocycles. The Morgan fingerprint density at radius 2 is 2.27 bits per heavy atom. The Hall–Kier alpha value is -0.0151. The zero-order valence-corrected chi connectivity index (χ0v) is 7.63. The first kappa shape index (κ1) is 9.08. The Kier molecular flexibility index (Phi) is 2.60. The predicted molar refractivity (Wildman–Crippen MR) is 46.3 cm³/mol. The summed E-state index contributed by atoms with van der Waals surface area (Å²) in [6, 6.07) is 0. The second kappa shape index (κ2) is 3.15. The topological polar surface area (TPSA) is 29.5 Å². The van der Waals surface area contributed by atoms with Gasteiger partial charge in [-0.3, -0.25) is 0 Å². The molecule has 11 heavy (non-hydrogen) atoms. The van der Waals surface area contributed by atoms with Crippen LogP contribution in [-0.2, 0) is 4.65 Å². The maximum absolute atomic E-state index is 9.14. The molecule has 1 fully saturated rings. The highest BCUT2D eigenvalue weighted by Gasteiger charge is 2.37. The van der Waals surface area contributed by atoms with Gasteiger partial charge in [0.2, 0.25) is 0 Å². The Morgan fingerprint density at radius 3 is 2.64 bits per heavy atom. The van der Waals surface area contributed by atoms with Crippen LogP contribution in [0.5, 0.6) is 0 Å². The third kappa shape index (κ3) is 1.97. The first-order chi connectivity index (χ1) is 5.06. The van der Waals surface area contributed by atoms with E-state index in [1.54, 1.807) is 0 Å². The number of hydrogen-bond donors (Lipinski definition) is 1. The molecule has 0 aromatic heterocycles. The Labute approximate surface area is 69.1 Å². The molecule has 1 N–H and O–H groups in total. The van der Waals surface area contributed by atoms with E-state index in [0.717, 1.165) is 19.3 Å². The summed E-state index contributed by atoms with van der Waals surface area (Å²) in [6.45, 7) is 7.38. The molecule has 0 spiro atoms. The van der Waals surface area contributed by atoms with Crippen LogP contribution in [0.15, 0.2) is 0 Å². The van der Waals surface area contributed by atoms with Crippen molar-refractivity contribution >= 4 is 7.12 Å². The third-order valence-corrected chi connectivity index (χ3v) is 2.99. The standard InChI is InChI=1S/C8H17BO2/c1-4-8(2,3)7-5-9(10)11-6-7/h7,10H,4-6H2,1-3H3. The molecule has 1 rings (SSSR count). The molecule has 0 bridgehead atoms. The second-order valence-corrected chi connectivity index (χ2v) is 4.06. The number of hydrogen-bond acceptors (Lipinski definition) is 2. The van der Waals surface area contributed by atoms with Gasteiger partial charge in [-0.15, -0.1) is 0 Å². The first-order valence-corrected chi connectivity index (χ1v) is 4.36. The van der Waals surface area contributed by atoms with Gasteiger partial charge in [0.1, 0.15) is 0 Å². The molecule has 1 saturated heterocycles. The van der Waals surface area contributed by atoms with Gasteiger partial charge in [-0.1, -0.05) is 27.2 Å². The van der Waals surface area contributed by atoms with Crippen molar-refractivity contribution in [2.45, 2.75) is 33.5 Å². The summed E-state index contributed by atoms with van der Waals surface area (Å²) in [5.41, 5.74) is 0.317. The predicted octanol–water partition coefficient (Wildman–Crippen LogP) is 1.55. The highest BCUT2D eigenvalue weighted by molar-refractivity contribution is 6.43. The van der Waals surface area contributed by atoms with Crippen molar-refractivity contribution in [2.24, 2.45) is 11.3 Å². The van der Waals surface area contributed by atoms with Crippen molar-refractivity contribution < 1.29 is 9.68 Å². The average Bonchev–Trinajstić information content (AvgIpc) is 2.36. The molecule has 0 amide bonds. The van der Waals surface area contributed by atoms with Crippen LogP contribution in [0.2, 0.25) is 6.32 Å². The number of rotatable bonds is 2. The SMILES string of the molecule is CCC(C)(C)C1COB(O)C1. The van der Waals surface area contributed by atoms with Gasteiger partial charge in [0.05, 0.1) is 0 Å². The van der Waals surface area contributed by atoms with Crippen LogP contribution in [0, 0.1) is 11.3 Å². The van der Waals surface area contributed by atoms with Crippen molar-refractivity contribution in [3.05, 3.63) is 0 Å². The highest BCUT2D eigenvalue weighted by Crippen LogP contribution is 2.37. The van der Waals surface area contributed by atoms with Crippen LogP contribution in [0.4, 0.5) is 0 Å². The largest absolute Gasteiger partial charge is 0.454 e. The van der Waals surface area contributed by atoms with Crippen LogP contribution >= 0.6 is 0 Å². The molecule has 0 aromatic rings. The molecule has 1 aliphatic rings. The average molecular weight is 156 g/mol. The maximum atomic E-state index is 9.14. The van der Waals surface area contributed by atoms with Gasteiger partial charge in [-0.2, -0.15) is 0 Å². The molecule has 1 heterocycles. The monoisotopic (exact) mass is 156 g/mol. The molecule has 0 radical (unpaired) electrons. The van der Waals surface area contributed by atoms with Crippen LogP contribution < -0.4 is 0 Å². The fourth-order valence-electron chi connectivity index (χ4n) is 1.44. The zero-order valence-electron chi connectivity index (χ0n) is 7.63. The van der Waals surface area contributed by atoms with Gasteiger partial charge in [-0.25, -0.2) is 0 Å². The van der Waals surface area contributed by atoms with Crippen LogP contribution in [0.3, 0.4) is 0 Å². The van der Waals surface area contributed by atoms with Crippen LogP contribution in [0.1, 0.15) is 27.2 Å². The van der Waals surface area contributed by atoms with Crippen molar-refractivity contribution in [2.75, 3.05) is 6.61 Å². The lowest BCUT2D eigenvalue weighted by Gasteiger charge is -2.29. The summed E-state index contributed by atoms with van der Waals surface area (Å²) in [6.07, 6.45) is 1.95. The molecular formula is C8H17BO2. The van der Waals surface area contributed by atoms with E-state index in [9.17, 15) is 0 Å². The molecule has 64 valence electrons. The quantitative estimate of drug-likeness (QED) is 0.614. The van der Waals surface area contributed by atoms with E-state index in [1.165, 1.54) is 0 Å². The van der Waals surface area contributed by atoms with E-state index in [1.807, 2.05) is 0 Å². The minimum Gasteiger partial charge on any atom is -0.427 e. The summed E-state index contributed by atoms with van der Waals surface area (Å²) < 4.78 is 5.11. The summed E-state index contributed by atoms with van der Waals surface area (Å²) in [5, 5.41) is 9.14. The normalized spacial score (nSPS) is 26.2. The third-order valence-electron chi connectivity index (χ3n) is 2.99. The van der Waals surface area contributed by atoms with Crippen molar-refractivity contribution in [1.82, 2.24) is 0 Å². The molecule has 0 saturated carbocycles. The summed E-state index contributed by atoms with van der Waals surface area (Å²) in [7, 11) is -0.508. The first-order valence-electron chi connectivity index (χ1n) is 4.36. The summed E-state index contributed by atoms with van der Waals surface area (Å²) in [5.74, 6) is 0.530. The molecule has 1 aliphatic heterocycles. The molecule has 1 unspecified atom stereocenters. The van der Waals surface area contributed by atoms with Crippen molar-refractivity contribution in [1.29, 1.82) is 0 Å². The van der Waals surface area contributed by atoms with E-state index in [4.69, 9.17) is 9.68 Å². The van der Waals surface area contributed by atoms with E-state index in [2.05, 4.69) is 20.8 Å². The van der Waals surface area contributed by atoms with Gasteiger partial charge in [0.25, 0.3) is 0 Å². The molecule has 1 atom stereocenters. The Balaban J connectivity index is 2.48. The maximum Gasteiger partial charge on any atom is 0.454 e. The fraction of sp³-hybridized carbons (Fsp3) is 1.00. The van der Waals surface area contributed by atoms with E-state index >= 15 is 0 Å². The van der Waals surface area contributed by atoms with Crippen LogP contribution in [-0.4, -0.2) is 18.7 Å². The summed E-state index contributed by atoms with van der Waals surface area (Å²) >= 11 is 0.